The largest absolute Gasteiger partial charge is 0.508 e. The summed E-state index contributed by atoms with van der Waals surface area (Å²) in [5.41, 5.74) is 2.91. The number of nitrogens with zero attached hydrogens (tertiary/aromatic N) is 4. The highest BCUT2D eigenvalue weighted by Gasteiger charge is 2.28. The predicted octanol–water partition coefficient (Wildman–Crippen LogP) is 3.60. The summed E-state index contributed by atoms with van der Waals surface area (Å²) in [7, 11) is 1.65. The number of methoxy groups -OCH3 is 1. The Morgan fingerprint density at radius 3 is 2.83 bits per heavy atom. The fraction of sp³-hybridized carbons (Fsp3) is 0.417. The summed E-state index contributed by atoms with van der Waals surface area (Å²) in [5.74, 6) is 0.412. The Morgan fingerprint density at radius 1 is 1.26 bits per heavy atom. The Kier molecular flexibility index (Phi) is 7.37. The average molecular weight is 499 g/mol. The summed E-state index contributed by atoms with van der Waals surface area (Å²) in [6, 6.07) is 3.48. The average Bonchev–Trinajstić information content (AvgIpc) is 3.55. The van der Waals surface area contributed by atoms with Crippen molar-refractivity contribution in [1.82, 2.24) is 19.7 Å². The highest BCUT2D eigenvalue weighted by molar-refractivity contribution is 7.17. The topological polar surface area (TPSA) is 122 Å². The first-order valence-electron chi connectivity index (χ1n) is 11.4. The molecule has 0 spiro atoms. The molecule has 10 nitrogen and oxygen atoms in total. The van der Waals surface area contributed by atoms with E-state index in [1.807, 2.05) is 24.9 Å². The smallest absolute Gasteiger partial charge is 0.267 e. The van der Waals surface area contributed by atoms with E-state index in [1.54, 1.807) is 30.8 Å². The predicted molar refractivity (Wildman–Crippen MR) is 135 cm³/mol. The molecule has 1 fully saturated rings. The summed E-state index contributed by atoms with van der Waals surface area (Å²) < 4.78 is 6.86. The van der Waals surface area contributed by atoms with Gasteiger partial charge in [-0.15, -0.1) is 0 Å². The molecular formula is C24H30N6O4S. The van der Waals surface area contributed by atoms with Crippen LogP contribution in [0.3, 0.4) is 0 Å². The maximum absolute atomic E-state index is 12.8. The number of anilines is 3. The van der Waals surface area contributed by atoms with E-state index in [9.17, 15) is 14.7 Å². The number of nitrogens with one attached hydrogen (secondary N) is 2. The van der Waals surface area contributed by atoms with Crippen molar-refractivity contribution in [1.29, 1.82) is 0 Å². The van der Waals surface area contributed by atoms with Crippen molar-refractivity contribution in [3.63, 3.8) is 0 Å². The number of ether oxygens (including phenoxy) is 1. The quantitative estimate of drug-likeness (QED) is 0.434. The number of hydrogen-bond acceptors (Lipinski definition) is 8. The van der Waals surface area contributed by atoms with E-state index < -0.39 is 0 Å². The number of rotatable bonds is 8. The van der Waals surface area contributed by atoms with Gasteiger partial charge in [0.15, 0.2) is 10.9 Å². The van der Waals surface area contributed by atoms with Crippen LogP contribution in [0.15, 0.2) is 24.5 Å². The number of hydrogen-bond donors (Lipinski definition) is 3. The van der Waals surface area contributed by atoms with Gasteiger partial charge in [-0.3, -0.25) is 14.3 Å². The van der Waals surface area contributed by atoms with E-state index in [0.717, 1.165) is 30.5 Å². The fourth-order valence-electron chi connectivity index (χ4n) is 4.23. The van der Waals surface area contributed by atoms with Gasteiger partial charge in [-0.05, 0) is 45.2 Å². The zero-order valence-corrected chi connectivity index (χ0v) is 21.1. The molecule has 1 saturated heterocycles. The minimum Gasteiger partial charge on any atom is -0.508 e. The number of likely N-dealkylation sites (tertiary alicyclic amines) is 1. The Bertz CT molecular complexity index is 1240. The second kappa shape index (κ2) is 10.4. The Labute approximate surface area is 207 Å². The molecule has 2 aromatic heterocycles. The number of carbonyl (C=O) groups excluding carboxylic acids is 2. The highest BCUT2D eigenvalue weighted by atomic mass is 32.1. The van der Waals surface area contributed by atoms with Gasteiger partial charge in [0.2, 0.25) is 5.91 Å². The number of amides is 2. The monoisotopic (exact) mass is 498 g/mol. The molecule has 1 atom stereocenters. The van der Waals surface area contributed by atoms with Crippen molar-refractivity contribution >= 4 is 39.8 Å². The van der Waals surface area contributed by atoms with Crippen LogP contribution < -0.4 is 10.6 Å². The fourth-order valence-corrected chi connectivity index (χ4v) is 4.94. The molecule has 0 aliphatic carbocycles. The van der Waals surface area contributed by atoms with Crippen LogP contribution in [-0.4, -0.2) is 62.9 Å². The molecule has 3 N–H and O–H groups in total. The molecule has 2 amide bonds. The Balaban J connectivity index is 1.40. The van der Waals surface area contributed by atoms with E-state index >= 15 is 0 Å². The molecule has 4 rings (SSSR count). The first kappa shape index (κ1) is 24.7. The molecular weight excluding hydrogens is 468 g/mol. The lowest BCUT2D eigenvalue weighted by molar-refractivity contribution is -0.133. The SMILES string of the molecule is COC[C@@H]1CCCN1C(=O)Cn1cc(C)c(Nc2ncc(C(=O)Nc3c(C)ccc(O)c3C)s2)n1. The summed E-state index contributed by atoms with van der Waals surface area (Å²) in [6.45, 7) is 6.95. The molecule has 0 unspecified atom stereocenters. The van der Waals surface area contributed by atoms with Gasteiger partial charge in [0, 0.05) is 31.0 Å². The third-order valence-electron chi connectivity index (χ3n) is 6.14. The number of aromatic nitrogens is 3. The molecule has 11 heteroatoms. The van der Waals surface area contributed by atoms with Crippen LogP contribution in [0.2, 0.25) is 0 Å². The van der Waals surface area contributed by atoms with Crippen molar-refractivity contribution in [2.45, 2.75) is 46.2 Å². The van der Waals surface area contributed by atoms with Crippen molar-refractivity contribution in [3.8, 4) is 5.75 Å². The first-order chi connectivity index (χ1) is 16.8. The highest BCUT2D eigenvalue weighted by Crippen LogP contribution is 2.30. The van der Waals surface area contributed by atoms with Crippen LogP contribution >= 0.6 is 11.3 Å². The Hall–Kier alpha value is -3.44. The Morgan fingerprint density at radius 2 is 2.06 bits per heavy atom. The van der Waals surface area contributed by atoms with E-state index in [2.05, 4.69) is 20.7 Å². The lowest BCUT2D eigenvalue weighted by atomic mass is 10.1. The van der Waals surface area contributed by atoms with Crippen molar-refractivity contribution in [3.05, 3.63) is 46.1 Å². The summed E-state index contributed by atoms with van der Waals surface area (Å²) in [6.07, 6.45) is 5.25. The molecule has 0 saturated carbocycles. The van der Waals surface area contributed by atoms with Gasteiger partial charge in [0.1, 0.15) is 17.2 Å². The van der Waals surface area contributed by atoms with Gasteiger partial charge in [0.25, 0.3) is 5.91 Å². The standard InChI is InChI=1S/C24H30N6O4S/c1-14-7-8-18(31)16(3)21(14)26-23(33)19-10-25-24(35-19)27-22-15(2)11-29(28-22)12-20(32)30-9-5-6-17(30)13-34-4/h7-8,10-11,17,31H,5-6,9,12-13H2,1-4H3,(H,26,33)(H,25,27,28)/t17-/m0/s1. The summed E-state index contributed by atoms with van der Waals surface area (Å²) in [4.78, 5) is 32.1. The van der Waals surface area contributed by atoms with Crippen LogP contribution in [-0.2, 0) is 16.1 Å². The normalized spacial score (nSPS) is 15.4. The van der Waals surface area contributed by atoms with E-state index in [1.165, 1.54) is 17.5 Å². The van der Waals surface area contributed by atoms with Gasteiger partial charge >= 0.3 is 0 Å². The van der Waals surface area contributed by atoms with Crippen LogP contribution in [0.5, 0.6) is 5.75 Å². The van der Waals surface area contributed by atoms with Crippen LogP contribution in [0, 0.1) is 20.8 Å². The number of aryl methyl sites for hydroxylation is 2. The number of thiazole rings is 1. The molecule has 1 aliphatic heterocycles. The maximum Gasteiger partial charge on any atom is 0.267 e. The lowest BCUT2D eigenvalue weighted by Gasteiger charge is -2.24. The lowest BCUT2D eigenvalue weighted by Crippen LogP contribution is -2.40. The number of benzene rings is 1. The minimum atomic E-state index is -0.309. The van der Waals surface area contributed by atoms with Gasteiger partial charge in [0.05, 0.1) is 24.5 Å². The van der Waals surface area contributed by atoms with E-state index in [-0.39, 0.29) is 30.2 Å². The number of aromatic hydroxyl groups is 1. The van der Waals surface area contributed by atoms with Crippen LogP contribution in [0.1, 0.15) is 39.2 Å². The second-order valence-electron chi connectivity index (χ2n) is 8.71. The van der Waals surface area contributed by atoms with E-state index in [4.69, 9.17) is 4.74 Å². The zero-order chi connectivity index (χ0) is 25.1. The van der Waals surface area contributed by atoms with Crippen LogP contribution in [0.25, 0.3) is 0 Å². The van der Waals surface area contributed by atoms with E-state index in [0.29, 0.717) is 33.7 Å². The molecule has 0 radical (unpaired) electrons. The summed E-state index contributed by atoms with van der Waals surface area (Å²) in [5, 5.41) is 21.0. The van der Waals surface area contributed by atoms with Crippen molar-refractivity contribution in [2.75, 3.05) is 30.9 Å². The van der Waals surface area contributed by atoms with Crippen molar-refractivity contribution < 1.29 is 19.4 Å². The van der Waals surface area contributed by atoms with Gasteiger partial charge < -0.3 is 25.4 Å². The van der Waals surface area contributed by atoms with Crippen LogP contribution in [0.4, 0.5) is 16.6 Å². The minimum absolute atomic E-state index is 0.0179. The third kappa shape index (κ3) is 5.46. The number of phenolic OH excluding ortho intramolecular Hbond substituents is 1. The molecule has 0 bridgehead atoms. The third-order valence-corrected chi connectivity index (χ3v) is 7.05. The van der Waals surface area contributed by atoms with Crippen molar-refractivity contribution in [2.24, 2.45) is 0 Å². The van der Waals surface area contributed by atoms with Gasteiger partial charge in [-0.2, -0.15) is 5.10 Å². The molecule has 1 aromatic carbocycles. The van der Waals surface area contributed by atoms with Gasteiger partial charge in [-0.1, -0.05) is 17.4 Å². The molecule has 186 valence electrons. The number of carbonyl (C=O) groups is 2. The second-order valence-corrected chi connectivity index (χ2v) is 9.74. The summed E-state index contributed by atoms with van der Waals surface area (Å²) >= 11 is 1.19. The molecule has 1 aliphatic rings. The van der Waals surface area contributed by atoms with Gasteiger partial charge in [-0.25, -0.2) is 4.98 Å². The molecule has 3 aromatic rings. The maximum atomic E-state index is 12.8. The molecule has 3 heterocycles. The first-order valence-corrected chi connectivity index (χ1v) is 12.2. The number of phenols is 1. The molecule has 35 heavy (non-hydrogen) atoms. The zero-order valence-electron chi connectivity index (χ0n) is 20.3.